The predicted octanol–water partition coefficient (Wildman–Crippen LogP) is 3.87. The van der Waals surface area contributed by atoms with E-state index >= 15 is 0 Å². The number of likely N-dealkylation sites (N-methyl/N-ethyl adjacent to an activating group) is 1. The summed E-state index contributed by atoms with van der Waals surface area (Å²) >= 11 is 6.23. The number of fused-ring (bicyclic) bond motifs is 4. The Hall–Kier alpha value is -1.47. The van der Waals surface area contributed by atoms with E-state index < -0.39 is 10.0 Å². The van der Waals surface area contributed by atoms with Crippen molar-refractivity contribution in [3.63, 3.8) is 0 Å². The number of sulfonamides is 1. The maximum absolute atomic E-state index is 14.9. The summed E-state index contributed by atoms with van der Waals surface area (Å²) in [4.78, 5) is 2.39. The molecule has 3 atom stereocenters. The van der Waals surface area contributed by atoms with E-state index in [1.807, 2.05) is 24.3 Å². The van der Waals surface area contributed by atoms with Crippen LogP contribution in [-0.2, 0) is 29.4 Å². The van der Waals surface area contributed by atoms with E-state index in [1.165, 1.54) is 11.1 Å². The molecule has 1 spiro atoms. The van der Waals surface area contributed by atoms with Crippen molar-refractivity contribution >= 4 is 21.6 Å². The van der Waals surface area contributed by atoms with Gasteiger partial charge in [-0.25, -0.2) is 17.5 Å². The Morgan fingerprint density at radius 2 is 2.00 bits per heavy atom. The van der Waals surface area contributed by atoms with Crippen molar-refractivity contribution in [2.45, 2.75) is 50.2 Å². The Kier molecular flexibility index (Phi) is 4.40. The average molecular weight is 461 g/mol. The largest absolute Gasteiger partial charge is 0.296 e. The second-order valence-electron chi connectivity index (χ2n) is 9.92. The quantitative estimate of drug-likeness (QED) is 0.638. The second-order valence-corrected chi connectivity index (χ2v) is 12.2. The Labute approximate surface area is 187 Å². The molecule has 2 saturated carbocycles. The molecular weight excluding hydrogens is 435 g/mol. The second kappa shape index (κ2) is 6.77. The van der Waals surface area contributed by atoms with Crippen LogP contribution in [0.1, 0.15) is 41.0 Å². The van der Waals surface area contributed by atoms with Crippen molar-refractivity contribution in [2.24, 2.45) is 11.3 Å². The molecule has 3 fully saturated rings. The maximum Gasteiger partial charge on any atom is 0.212 e. The van der Waals surface area contributed by atoms with Crippen LogP contribution in [0, 0.1) is 17.2 Å². The highest BCUT2D eigenvalue weighted by atomic mass is 35.5. The highest BCUT2D eigenvalue weighted by Gasteiger charge is 2.84. The van der Waals surface area contributed by atoms with E-state index in [1.54, 1.807) is 6.07 Å². The first kappa shape index (κ1) is 20.2. The lowest BCUT2D eigenvalue weighted by Gasteiger charge is -2.29. The third-order valence-corrected chi connectivity index (χ3v) is 9.60. The Bertz CT molecular complexity index is 1170. The number of rotatable bonds is 7. The first-order valence-electron chi connectivity index (χ1n) is 11.0. The summed E-state index contributed by atoms with van der Waals surface area (Å²) in [6.45, 7) is 0.0117. The number of halogens is 2. The van der Waals surface area contributed by atoms with Gasteiger partial charge in [0.15, 0.2) is 0 Å². The standard InChI is InChI=1S/C24H26ClFN2O2S/c1-28-22-23(28)24(22)11-16-10-21(26)17(12-27-31(29,30)13-14-5-6-14)9-19(16)20(24)8-15-3-2-4-18(25)7-15/h2-4,7,9-10,14,20,22-23,27H,5-6,8,11-13H2,1H3. The third kappa shape index (κ3) is 3.34. The lowest BCUT2D eigenvalue weighted by molar-refractivity contribution is 0.226. The summed E-state index contributed by atoms with van der Waals surface area (Å²) in [6.07, 6.45) is 3.71. The summed E-state index contributed by atoms with van der Waals surface area (Å²) in [7, 11) is -1.22. The van der Waals surface area contributed by atoms with E-state index in [4.69, 9.17) is 11.6 Å². The molecule has 7 heteroatoms. The third-order valence-electron chi connectivity index (χ3n) is 7.87. The van der Waals surface area contributed by atoms with E-state index in [0.29, 0.717) is 23.6 Å². The highest BCUT2D eigenvalue weighted by molar-refractivity contribution is 7.89. The van der Waals surface area contributed by atoms with Crippen LogP contribution in [0.2, 0.25) is 5.02 Å². The van der Waals surface area contributed by atoms with Crippen LogP contribution in [0.25, 0.3) is 0 Å². The summed E-state index contributed by atoms with van der Waals surface area (Å²) in [5.41, 5.74) is 4.08. The first-order chi connectivity index (χ1) is 14.8. The molecule has 1 saturated heterocycles. The lowest BCUT2D eigenvalue weighted by Crippen LogP contribution is -2.31. The van der Waals surface area contributed by atoms with E-state index in [2.05, 4.69) is 22.7 Å². The maximum atomic E-state index is 14.9. The molecule has 2 aromatic carbocycles. The lowest BCUT2D eigenvalue weighted by atomic mass is 9.81. The van der Waals surface area contributed by atoms with Gasteiger partial charge in [-0.2, -0.15) is 0 Å². The first-order valence-corrected chi connectivity index (χ1v) is 13.1. The van der Waals surface area contributed by atoms with Crippen LogP contribution in [0.5, 0.6) is 0 Å². The van der Waals surface area contributed by atoms with Crippen LogP contribution >= 0.6 is 11.6 Å². The minimum Gasteiger partial charge on any atom is -0.296 e. The SMILES string of the molecule is CN1C2C1C21Cc2cc(F)c(CNS(=O)(=O)CC3CC3)cc2C1Cc1cccc(Cl)c1. The van der Waals surface area contributed by atoms with Crippen LogP contribution < -0.4 is 4.72 Å². The minimum absolute atomic E-state index is 0.0117. The van der Waals surface area contributed by atoms with Gasteiger partial charge in [-0.3, -0.25) is 4.90 Å². The topological polar surface area (TPSA) is 49.2 Å². The molecule has 31 heavy (non-hydrogen) atoms. The zero-order valence-corrected chi connectivity index (χ0v) is 19.0. The zero-order valence-electron chi connectivity index (χ0n) is 17.4. The number of likely N-dealkylation sites (tertiary alicyclic amines) is 1. The summed E-state index contributed by atoms with van der Waals surface area (Å²) in [6, 6.07) is 12.7. The number of hydrogen-bond acceptors (Lipinski definition) is 3. The normalized spacial score (nSPS) is 32.7. The molecule has 0 radical (unpaired) electrons. The molecular formula is C24H26ClFN2O2S. The van der Waals surface area contributed by atoms with E-state index in [-0.39, 0.29) is 29.4 Å². The molecule has 0 bridgehead atoms. The molecule has 4 aliphatic rings. The molecule has 2 aromatic rings. The van der Waals surface area contributed by atoms with Crippen LogP contribution in [-0.4, -0.2) is 38.2 Å². The van der Waals surface area contributed by atoms with Gasteiger partial charge >= 0.3 is 0 Å². The molecule has 6 rings (SSSR count). The molecule has 3 aliphatic carbocycles. The molecule has 1 aliphatic heterocycles. The van der Waals surface area contributed by atoms with Crippen molar-refractivity contribution in [3.8, 4) is 0 Å². The Morgan fingerprint density at radius 1 is 1.23 bits per heavy atom. The fourth-order valence-corrected chi connectivity index (χ4v) is 7.79. The van der Waals surface area contributed by atoms with Crippen molar-refractivity contribution in [3.05, 3.63) is 69.5 Å². The number of hydrogen-bond donors (Lipinski definition) is 1. The molecule has 4 nitrogen and oxygen atoms in total. The van der Waals surface area contributed by atoms with Gasteiger partial charge in [-0.05, 0) is 79.5 Å². The van der Waals surface area contributed by atoms with Crippen LogP contribution in [0.3, 0.4) is 0 Å². The van der Waals surface area contributed by atoms with Crippen molar-refractivity contribution in [1.29, 1.82) is 0 Å². The zero-order chi connectivity index (χ0) is 21.5. The van der Waals surface area contributed by atoms with Crippen LogP contribution in [0.15, 0.2) is 36.4 Å². The van der Waals surface area contributed by atoms with Gasteiger partial charge < -0.3 is 0 Å². The van der Waals surface area contributed by atoms with Gasteiger partial charge in [0.05, 0.1) is 5.75 Å². The molecule has 1 N–H and O–H groups in total. The fourth-order valence-electron chi connectivity index (χ4n) is 6.13. The van der Waals surface area contributed by atoms with Crippen molar-refractivity contribution in [1.82, 2.24) is 9.62 Å². The van der Waals surface area contributed by atoms with Crippen molar-refractivity contribution < 1.29 is 12.8 Å². The number of benzene rings is 2. The molecule has 164 valence electrons. The summed E-state index contributed by atoms with van der Waals surface area (Å²) < 4.78 is 42.1. The van der Waals surface area contributed by atoms with Gasteiger partial charge in [-0.1, -0.05) is 29.8 Å². The Morgan fingerprint density at radius 3 is 2.68 bits per heavy atom. The molecule has 0 amide bonds. The van der Waals surface area contributed by atoms with Gasteiger partial charge in [-0.15, -0.1) is 0 Å². The van der Waals surface area contributed by atoms with E-state index in [9.17, 15) is 12.8 Å². The highest BCUT2D eigenvalue weighted by Crippen LogP contribution is 2.76. The van der Waals surface area contributed by atoms with Crippen LogP contribution in [0.4, 0.5) is 4.39 Å². The number of nitrogens with one attached hydrogen (secondary N) is 1. The molecule has 1 heterocycles. The summed E-state index contributed by atoms with van der Waals surface area (Å²) in [5, 5.41) is 0.729. The predicted molar refractivity (Wildman–Crippen MR) is 119 cm³/mol. The van der Waals surface area contributed by atoms with Gasteiger partial charge in [0.25, 0.3) is 0 Å². The average Bonchev–Trinajstić information content (AvgIpc) is 3.64. The Balaban J connectivity index is 1.29. The fraction of sp³-hybridized carbons (Fsp3) is 0.500. The van der Waals surface area contributed by atoms with E-state index in [0.717, 1.165) is 36.3 Å². The molecule has 0 aromatic heterocycles. The minimum atomic E-state index is -3.37. The van der Waals surface area contributed by atoms with Gasteiger partial charge in [0.2, 0.25) is 10.0 Å². The van der Waals surface area contributed by atoms with Crippen molar-refractivity contribution in [2.75, 3.05) is 12.8 Å². The summed E-state index contributed by atoms with van der Waals surface area (Å²) in [5.74, 6) is 0.405. The smallest absolute Gasteiger partial charge is 0.212 e. The monoisotopic (exact) mass is 460 g/mol. The molecule has 3 unspecified atom stereocenters. The van der Waals surface area contributed by atoms with Gasteiger partial charge in [0.1, 0.15) is 5.82 Å². The number of nitrogens with zero attached hydrogens (tertiary/aromatic N) is 1. The van der Waals surface area contributed by atoms with Gasteiger partial charge in [0, 0.05) is 34.6 Å².